The molecule has 2 aromatic carbocycles. The first kappa shape index (κ1) is 20.9. The third kappa shape index (κ3) is 6.34. The van der Waals surface area contributed by atoms with Gasteiger partial charge >= 0.3 is 5.97 Å². The molecule has 2 aromatic rings. The highest BCUT2D eigenvalue weighted by molar-refractivity contribution is 6.36. The molecular formula is C19H19Cl2NO5. The number of hydrogen-bond donors (Lipinski definition) is 1. The Labute approximate surface area is 167 Å². The van der Waals surface area contributed by atoms with E-state index in [4.69, 9.17) is 37.4 Å². The molecule has 0 bridgehead atoms. The highest BCUT2D eigenvalue weighted by Crippen LogP contribution is 2.27. The normalized spacial score (nSPS) is 11.4. The molecule has 144 valence electrons. The van der Waals surface area contributed by atoms with Crippen molar-refractivity contribution in [3.63, 3.8) is 0 Å². The predicted molar refractivity (Wildman–Crippen MR) is 104 cm³/mol. The molecule has 0 heterocycles. The first-order chi connectivity index (χ1) is 12.9. The summed E-state index contributed by atoms with van der Waals surface area (Å²) < 4.78 is 15.9. The number of anilines is 1. The second-order valence-corrected chi connectivity index (χ2v) is 6.26. The van der Waals surface area contributed by atoms with Crippen molar-refractivity contribution in [2.75, 3.05) is 18.5 Å². The van der Waals surface area contributed by atoms with Crippen molar-refractivity contribution < 1.29 is 23.8 Å². The molecule has 0 saturated carbocycles. The van der Waals surface area contributed by atoms with Crippen molar-refractivity contribution in [2.24, 2.45) is 0 Å². The van der Waals surface area contributed by atoms with Gasteiger partial charge < -0.3 is 19.5 Å². The van der Waals surface area contributed by atoms with Gasteiger partial charge in [0.25, 0.3) is 5.91 Å². The first-order valence-corrected chi connectivity index (χ1v) is 8.96. The molecule has 1 atom stereocenters. The summed E-state index contributed by atoms with van der Waals surface area (Å²) >= 11 is 11.8. The van der Waals surface area contributed by atoms with E-state index in [2.05, 4.69) is 5.32 Å². The van der Waals surface area contributed by atoms with Crippen molar-refractivity contribution in [3.8, 4) is 11.5 Å². The second-order valence-electron chi connectivity index (χ2n) is 5.41. The minimum absolute atomic E-state index is 0.283. The maximum atomic E-state index is 12.2. The fourth-order valence-electron chi connectivity index (χ4n) is 2.09. The van der Waals surface area contributed by atoms with Crippen LogP contribution in [0.3, 0.4) is 0 Å². The number of benzene rings is 2. The van der Waals surface area contributed by atoms with E-state index in [0.717, 1.165) is 0 Å². The molecule has 6 nitrogen and oxygen atoms in total. The van der Waals surface area contributed by atoms with Gasteiger partial charge in [-0.1, -0.05) is 35.3 Å². The summed E-state index contributed by atoms with van der Waals surface area (Å²) in [5, 5.41) is 3.30. The topological polar surface area (TPSA) is 73.9 Å². The lowest BCUT2D eigenvalue weighted by Gasteiger charge is -2.15. The van der Waals surface area contributed by atoms with E-state index in [1.54, 1.807) is 36.4 Å². The molecule has 27 heavy (non-hydrogen) atoms. The molecule has 0 aliphatic carbocycles. The van der Waals surface area contributed by atoms with Gasteiger partial charge in [0.1, 0.15) is 0 Å². The number of nitrogens with one attached hydrogen (secondary N) is 1. The Morgan fingerprint density at radius 1 is 1.07 bits per heavy atom. The number of carbonyl (C=O) groups excluding carboxylic acids is 2. The summed E-state index contributed by atoms with van der Waals surface area (Å²) in [6, 6.07) is 11.6. The van der Waals surface area contributed by atoms with Gasteiger partial charge in [-0.25, -0.2) is 4.79 Å². The number of hydrogen-bond acceptors (Lipinski definition) is 5. The first-order valence-electron chi connectivity index (χ1n) is 8.20. The predicted octanol–water partition coefficient (Wildman–Crippen LogP) is 4.34. The van der Waals surface area contributed by atoms with Gasteiger partial charge in [0.15, 0.2) is 24.2 Å². The molecule has 0 fully saturated rings. The number of carbonyl (C=O) groups is 2. The fraction of sp³-hybridized carbons (Fsp3) is 0.263. The zero-order valence-electron chi connectivity index (χ0n) is 14.8. The molecule has 2 rings (SSSR count). The van der Waals surface area contributed by atoms with Crippen LogP contribution >= 0.6 is 23.2 Å². The van der Waals surface area contributed by atoms with Crippen molar-refractivity contribution in [2.45, 2.75) is 20.0 Å². The van der Waals surface area contributed by atoms with Crippen LogP contribution in [0.2, 0.25) is 10.0 Å². The van der Waals surface area contributed by atoms with Crippen LogP contribution in [0.5, 0.6) is 11.5 Å². The summed E-state index contributed by atoms with van der Waals surface area (Å²) in [6.45, 7) is 3.40. The molecule has 0 spiro atoms. The summed E-state index contributed by atoms with van der Waals surface area (Å²) in [5.74, 6) is -0.272. The molecule has 8 heteroatoms. The molecule has 0 unspecified atom stereocenters. The lowest BCUT2D eigenvalue weighted by molar-refractivity contribution is -0.155. The van der Waals surface area contributed by atoms with E-state index < -0.39 is 18.0 Å². The summed E-state index contributed by atoms with van der Waals surface area (Å²) in [4.78, 5) is 24.1. The van der Waals surface area contributed by atoms with Crippen molar-refractivity contribution in [1.82, 2.24) is 0 Å². The number of ether oxygens (including phenoxy) is 3. The highest BCUT2D eigenvalue weighted by Gasteiger charge is 2.19. The Morgan fingerprint density at radius 3 is 2.37 bits per heavy atom. The van der Waals surface area contributed by atoms with Crippen LogP contribution in [0.1, 0.15) is 13.8 Å². The van der Waals surface area contributed by atoms with Crippen LogP contribution in [0.4, 0.5) is 5.69 Å². The Bertz CT molecular complexity index is 812. The number of para-hydroxylation sites is 2. The quantitative estimate of drug-likeness (QED) is 0.653. The second kappa shape index (κ2) is 10.0. The Kier molecular flexibility index (Phi) is 7.76. The number of esters is 1. The number of amides is 1. The minimum atomic E-state index is -1.03. The van der Waals surface area contributed by atoms with Crippen molar-refractivity contribution in [3.05, 3.63) is 52.5 Å². The maximum absolute atomic E-state index is 12.2. The average Bonchev–Trinajstić information content (AvgIpc) is 2.63. The van der Waals surface area contributed by atoms with Crippen LogP contribution < -0.4 is 14.8 Å². The van der Waals surface area contributed by atoms with Gasteiger partial charge in [0, 0.05) is 5.02 Å². The molecular weight excluding hydrogens is 393 g/mol. The zero-order chi connectivity index (χ0) is 19.8. The zero-order valence-corrected chi connectivity index (χ0v) is 16.3. The van der Waals surface area contributed by atoms with Gasteiger partial charge in [-0.3, -0.25) is 4.79 Å². The van der Waals surface area contributed by atoms with Gasteiger partial charge in [-0.15, -0.1) is 0 Å². The largest absolute Gasteiger partial charge is 0.490 e. The van der Waals surface area contributed by atoms with E-state index >= 15 is 0 Å². The molecule has 0 aliphatic heterocycles. The Morgan fingerprint density at radius 2 is 1.74 bits per heavy atom. The van der Waals surface area contributed by atoms with Gasteiger partial charge in [0.05, 0.1) is 17.3 Å². The van der Waals surface area contributed by atoms with Gasteiger partial charge in [0.2, 0.25) is 0 Å². The van der Waals surface area contributed by atoms with E-state index in [9.17, 15) is 9.59 Å². The Hall–Kier alpha value is -2.44. The van der Waals surface area contributed by atoms with E-state index in [1.807, 2.05) is 6.92 Å². The lowest BCUT2D eigenvalue weighted by atomic mass is 10.3. The van der Waals surface area contributed by atoms with E-state index in [1.165, 1.54) is 13.0 Å². The summed E-state index contributed by atoms with van der Waals surface area (Å²) in [5.41, 5.74) is 0.371. The fourth-order valence-corrected chi connectivity index (χ4v) is 2.55. The van der Waals surface area contributed by atoms with Gasteiger partial charge in [-0.05, 0) is 44.2 Å². The van der Waals surface area contributed by atoms with Crippen LogP contribution in [-0.2, 0) is 14.3 Å². The molecule has 0 saturated heterocycles. The molecule has 1 amide bonds. The number of rotatable bonds is 8. The molecule has 1 N–H and O–H groups in total. The minimum Gasteiger partial charge on any atom is -0.490 e. The van der Waals surface area contributed by atoms with E-state index in [-0.39, 0.29) is 11.6 Å². The number of halogens is 2. The average molecular weight is 412 g/mol. The standard InChI is InChI=1S/C19H19Cl2NO5/c1-3-25-16-6-4-5-7-17(16)26-11-18(23)27-12(2)19(24)22-15-9-8-13(20)10-14(15)21/h4-10,12H,3,11H2,1-2H3,(H,22,24)/t12-/m1/s1. The third-order valence-corrected chi connectivity index (χ3v) is 3.91. The monoisotopic (exact) mass is 411 g/mol. The smallest absolute Gasteiger partial charge is 0.344 e. The summed E-state index contributed by atoms with van der Waals surface area (Å²) in [7, 11) is 0. The van der Waals surface area contributed by atoms with E-state index in [0.29, 0.717) is 28.8 Å². The van der Waals surface area contributed by atoms with Crippen molar-refractivity contribution in [1.29, 1.82) is 0 Å². The lowest BCUT2D eigenvalue weighted by Crippen LogP contribution is -2.31. The van der Waals surface area contributed by atoms with Crippen LogP contribution in [0, 0.1) is 0 Å². The van der Waals surface area contributed by atoms with Crippen molar-refractivity contribution >= 4 is 40.8 Å². The van der Waals surface area contributed by atoms with Crippen LogP contribution in [0.15, 0.2) is 42.5 Å². The van der Waals surface area contributed by atoms with Crippen LogP contribution in [0.25, 0.3) is 0 Å². The maximum Gasteiger partial charge on any atom is 0.344 e. The highest BCUT2D eigenvalue weighted by atomic mass is 35.5. The summed E-state index contributed by atoms with van der Waals surface area (Å²) in [6.07, 6.45) is -1.03. The molecule has 0 radical (unpaired) electrons. The molecule has 0 aromatic heterocycles. The Balaban J connectivity index is 1.87. The molecule has 0 aliphatic rings. The third-order valence-electron chi connectivity index (χ3n) is 3.36. The van der Waals surface area contributed by atoms with Crippen LogP contribution in [-0.4, -0.2) is 31.2 Å². The van der Waals surface area contributed by atoms with Gasteiger partial charge in [-0.2, -0.15) is 0 Å². The SMILES string of the molecule is CCOc1ccccc1OCC(=O)O[C@H](C)C(=O)Nc1ccc(Cl)cc1Cl.